The van der Waals surface area contributed by atoms with Crippen LogP contribution in [0.2, 0.25) is 0 Å². The van der Waals surface area contributed by atoms with Gasteiger partial charge in [0.1, 0.15) is 29.5 Å². The van der Waals surface area contributed by atoms with Gasteiger partial charge in [-0.2, -0.15) is 0 Å². The van der Waals surface area contributed by atoms with Crippen LogP contribution in [0.1, 0.15) is 56.1 Å². The third-order valence-electron chi connectivity index (χ3n) is 6.26. The first-order valence-electron chi connectivity index (χ1n) is 13.2. The van der Waals surface area contributed by atoms with Crippen molar-refractivity contribution in [2.24, 2.45) is 10.9 Å². The van der Waals surface area contributed by atoms with E-state index in [1.807, 2.05) is 32.6 Å². The second kappa shape index (κ2) is 15.5. The van der Waals surface area contributed by atoms with Gasteiger partial charge in [0.2, 0.25) is 5.91 Å². The maximum atomic E-state index is 14.7. The molecule has 0 saturated carbocycles. The van der Waals surface area contributed by atoms with Crippen LogP contribution in [-0.4, -0.2) is 46.6 Å². The maximum absolute atomic E-state index is 14.7. The molecule has 8 heteroatoms. The van der Waals surface area contributed by atoms with Gasteiger partial charge in [0.15, 0.2) is 0 Å². The van der Waals surface area contributed by atoms with Crippen LogP contribution in [0.4, 0.5) is 8.78 Å². The highest BCUT2D eigenvalue weighted by atomic mass is 19.1. The number of carbonyl (C=O) groups excluding carboxylic acids is 1. The number of rotatable bonds is 6. The Morgan fingerprint density at radius 2 is 1.79 bits per heavy atom. The molecule has 1 unspecified atom stereocenters. The average Bonchev–Trinajstić information content (AvgIpc) is 3.42. The molecule has 1 atom stereocenters. The Morgan fingerprint density at radius 3 is 2.33 bits per heavy atom. The van der Waals surface area contributed by atoms with Crippen molar-refractivity contribution >= 4 is 11.6 Å². The predicted molar refractivity (Wildman–Crippen MR) is 152 cm³/mol. The number of hydrogen-bond acceptors (Lipinski definition) is 5. The molecule has 6 nitrogen and oxygen atoms in total. The third-order valence-corrected chi connectivity index (χ3v) is 6.26. The summed E-state index contributed by atoms with van der Waals surface area (Å²) in [6.07, 6.45) is 5.21. The molecular weight excluding hydrogens is 498 g/mol. The zero-order valence-electron chi connectivity index (χ0n) is 23.7. The molecule has 0 bridgehead atoms. The molecule has 0 N–H and O–H groups in total. The summed E-state index contributed by atoms with van der Waals surface area (Å²) in [6.45, 7) is 15.1. The molecule has 2 heterocycles. The lowest BCUT2D eigenvalue weighted by molar-refractivity contribution is -0.125. The zero-order valence-corrected chi connectivity index (χ0v) is 23.7. The third kappa shape index (κ3) is 8.53. The average molecular weight is 537 g/mol. The largest absolute Gasteiger partial charge is 0.457 e. The smallest absolute Gasteiger partial charge is 0.245 e. The van der Waals surface area contributed by atoms with Crippen molar-refractivity contribution in [3.63, 3.8) is 0 Å². The number of amides is 1. The minimum atomic E-state index is -0.498. The summed E-state index contributed by atoms with van der Waals surface area (Å²) in [7, 11) is 1.60. The highest BCUT2D eigenvalue weighted by Gasteiger charge is 2.23. The Labute approximate surface area is 230 Å². The number of hydrogen-bond donors (Lipinski definition) is 0. The standard InChI is InChI=1S/C20H17F2N3O.C9H15NO.C2H6/c1-12-19(13(2)25-11-24-12)20(23-3)17-8-7-16(10-18(17)22)26-15-6-4-5-14(21)9-15;1-3-8-5-6-10(7-8)9(11)4-2;1-2/h4-11H,1-3H3;4,8H,2-3,5-7H2,1H3;1-2H3. The van der Waals surface area contributed by atoms with Crippen LogP contribution in [0.15, 0.2) is 66.4 Å². The minimum Gasteiger partial charge on any atom is -0.457 e. The Morgan fingerprint density at radius 1 is 1.13 bits per heavy atom. The first kappa shape index (κ1) is 31.3. The van der Waals surface area contributed by atoms with Crippen LogP contribution < -0.4 is 4.74 Å². The first-order chi connectivity index (χ1) is 18.8. The molecule has 4 rings (SSSR count). The van der Waals surface area contributed by atoms with Gasteiger partial charge in [-0.3, -0.25) is 9.79 Å². The quantitative estimate of drug-likeness (QED) is 0.249. The molecule has 0 spiro atoms. The molecule has 1 amide bonds. The summed E-state index contributed by atoms with van der Waals surface area (Å²) in [5.74, 6) is 0.451. The predicted octanol–water partition coefficient (Wildman–Crippen LogP) is 7.09. The second-order valence-electron chi connectivity index (χ2n) is 8.74. The molecule has 1 fully saturated rings. The van der Waals surface area contributed by atoms with Gasteiger partial charge in [-0.25, -0.2) is 18.7 Å². The monoisotopic (exact) mass is 536 g/mol. The normalized spacial score (nSPS) is 14.5. The fourth-order valence-corrected chi connectivity index (χ4v) is 4.22. The molecule has 2 aromatic carbocycles. The second-order valence-corrected chi connectivity index (χ2v) is 8.74. The summed E-state index contributed by atoms with van der Waals surface area (Å²) in [5.41, 5.74) is 2.93. The van der Waals surface area contributed by atoms with Crippen LogP contribution in [-0.2, 0) is 4.79 Å². The molecule has 0 radical (unpaired) electrons. The van der Waals surface area contributed by atoms with E-state index in [1.165, 1.54) is 43.1 Å². The van der Waals surface area contributed by atoms with Crippen LogP contribution in [0.3, 0.4) is 0 Å². The van der Waals surface area contributed by atoms with Gasteiger partial charge in [-0.05, 0) is 56.5 Å². The summed E-state index contributed by atoms with van der Waals surface area (Å²) >= 11 is 0. The lowest BCUT2D eigenvalue weighted by atomic mass is 9.99. The van der Waals surface area contributed by atoms with Gasteiger partial charge in [0.25, 0.3) is 0 Å². The van der Waals surface area contributed by atoms with Crippen molar-refractivity contribution in [3.8, 4) is 11.5 Å². The molecule has 0 aliphatic carbocycles. The number of likely N-dealkylation sites (tertiary alicyclic amines) is 1. The van der Waals surface area contributed by atoms with Gasteiger partial charge in [0.05, 0.1) is 17.1 Å². The highest BCUT2D eigenvalue weighted by Crippen LogP contribution is 2.26. The Hall–Kier alpha value is -3.94. The number of halogens is 2. The minimum absolute atomic E-state index is 0.0842. The van der Waals surface area contributed by atoms with E-state index in [-0.39, 0.29) is 11.7 Å². The Balaban J connectivity index is 0.000000343. The first-order valence-corrected chi connectivity index (χ1v) is 13.2. The van der Waals surface area contributed by atoms with Crippen molar-refractivity contribution < 1.29 is 18.3 Å². The zero-order chi connectivity index (χ0) is 28.9. The lowest BCUT2D eigenvalue weighted by Crippen LogP contribution is -2.26. The molecule has 39 heavy (non-hydrogen) atoms. The molecular formula is C31H38F2N4O2. The topological polar surface area (TPSA) is 67.7 Å². The molecule has 1 aromatic heterocycles. The number of carbonyl (C=O) groups is 1. The Kier molecular flexibility index (Phi) is 12.4. The van der Waals surface area contributed by atoms with Gasteiger partial charge >= 0.3 is 0 Å². The number of benzene rings is 2. The summed E-state index contributed by atoms with van der Waals surface area (Å²) in [6, 6.07) is 10.1. The molecule has 1 saturated heterocycles. The van der Waals surface area contributed by atoms with Gasteiger partial charge in [-0.1, -0.05) is 39.8 Å². The fourth-order valence-electron chi connectivity index (χ4n) is 4.22. The molecule has 1 aliphatic rings. The van der Waals surface area contributed by atoms with Crippen LogP contribution in [0.5, 0.6) is 11.5 Å². The summed E-state index contributed by atoms with van der Waals surface area (Å²) in [4.78, 5) is 25.5. The van der Waals surface area contributed by atoms with Gasteiger partial charge in [0, 0.05) is 43.4 Å². The van der Waals surface area contributed by atoms with Crippen molar-refractivity contribution in [3.05, 3.63) is 95.6 Å². The highest BCUT2D eigenvalue weighted by molar-refractivity contribution is 6.14. The van der Waals surface area contributed by atoms with Crippen molar-refractivity contribution in [2.45, 2.75) is 47.5 Å². The molecule has 208 valence electrons. The Bertz CT molecular complexity index is 1270. The number of aryl methyl sites for hydroxylation is 2. The lowest BCUT2D eigenvalue weighted by Gasteiger charge is -2.13. The molecule has 3 aromatic rings. The number of ether oxygens (including phenoxy) is 1. The van der Waals surface area contributed by atoms with Crippen LogP contribution in [0, 0.1) is 31.4 Å². The number of aromatic nitrogens is 2. The van der Waals surface area contributed by atoms with Crippen molar-refractivity contribution in [1.29, 1.82) is 0 Å². The summed E-state index contributed by atoms with van der Waals surface area (Å²) < 4.78 is 33.5. The van der Waals surface area contributed by atoms with E-state index in [1.54, 1.807) is 25.2 Å². The van der Waals surface area contributed by atoms with E-state index in [9.17, 15) is 13.6 Å². The number of aliphatic imine (C=N–C) groups is 1. The van der Waals surface area contributed by atoms with E-state index in [0.717, 1.165) is 36.8 Å². The fraction of sp³-hybridized carbons (Fsp3) is 0.355. The van der Waals surface area contributed by atoms with Crippen LogP contribution in [0.25, 0.3) is 0 Å². The number of nitrogens with zero attached hydrogens (tertiary/aromatic N) is 4. The van der Waals surface area contributed by atoms with Crippen molar-refractivity contribution in [2.75, 3.05) is 20.1 Å². The summed E-state index contributed by atoms with van der Waals surface area (Å²) in [5, 5.41) is 0. The SMILES string of the molecule is C=CC(=O)N1CCC(CC)C1.CC.CN=C(c1ccc(Oc2cccc(F)c2)cc1F)c1c(C)ncnc1C. The van der Waals surface area contributed by atoms with E-state index < -0.39 is 11.6 Å². The van der Waals surface area contributed by atoms with E-state index in [2.05, 4.69) is 28.5 Å². The van der Waals surface area contributed by atoms with Gasteiger partial charge < -0.3 is 9.64 Å². The van der Waals surface area contributed by atoms with E-state index >= 15 is 0 Å². The van der Waals surface area contributed by atoms with E-state index in [4.69, 9.17) is 4.74 Å². The molecule has 1 aliphatic heterocycles. The van der Waals surface area contributed by atoms with E-state index in [0.29, 0.717) is 22.6 Å². The van der Waals surface area contributed by atoms with Crippen molar-refractivity contribution in [1.82, 2.24) is 14.9 Å². The van der Waals surface area contributed by atoms with Gasteiger partial charge in [-0.15, -0.1) is 0 Å². The van der Waals surface area contributed by atoms with Crippen LogP contribution >= 0.6 is 0 Å². The maximum Gasteiger partial charge on any atom is 0.245 e.